The van der Waals surface area contributed by atoms with Gasteiger partial charge in [0, 0.05) is 6.54 Å². The number of aromatic hydroxyl groups is 1. The van der Waals surface area contributed by atoms with Gasteiger partial charge >= 0.3 is 6.30 Å². The van der Waals surface area contributed by atoms with Gasteiger partial charge in [0.15, 0.2) is 0 Å². The van der Waals surface area contributed by atoms with Crippen molar-refractivity contribution >= 4 is 5.69 Å². The Morgan fingerprint density at radius 2 is 1.86 bits per heavy atom. The molecule has 0 bridgehead atoms. The summed E-state index contributed by atoms with van der Waals surface area (Å²) in [5.74, 6) is -0.369. The van der Waals surface area contributed by atoms with Crippen LogP contribution in [-0.2, 0) is 0 Å². The highest BCUT2D eigenvalue weighted by Crippen LogP contribution is 2.33. The highest BCUT2D eigenvalue weighted by molar-refractivity contribution is 5.57. The molecule has 1 N–H and O–H groups in total. The lowest BCUT2D eigenvalue weighted by atomic mass is 10.2. The van der Waals surface area contributed by atoms with Gasteiger partial charge in [0.2, 0.25) is 0 Å². The summed E-state index contributed by atoms with van der Waals surface area (Å²) in [5.41, 5.74) is -0.220. The van der Waals surface area contributed by atoms with Crippen LogP contribution in [0.5, 0.6) is 5.75 Å². The van der Waals surface area contributed by atoms with E-state index in [4.69, 9.17) is 0 Å². The Kier molecular flexibility index (Phi) is 2.88. The number of halogens is 3. The molecule has 0 aliphatic carbocycles. The van der Waals surface area contributed by atoms with Gasteiger partial charge in [-0.25, -0.2) is 0 Å². The molecule has 1 aromatic rings. The predicted molar refractivity (Wildman–Crippen MR) is 47.2 cm³/mol. The quantitative estimate of drug-likeness (QED) is 0.750. The summed E-state index contributed by atoms with van der Waals surface area (Å²) in [6.45, 7) is 1.14. The van der Waals surface area contributed by atoms with Gasteiger partial charge in [0.05, 0.1) is 5.69 Å². The third kappa shape index (κ3) is 2.10. The Morgan fingerprint density at radius 1 is 1.29 bits per heavy atom. The molecule has 14 heavy (non-hydrogen) atoms. The van der Waals surface area contributed by atoms with Gasteiger partial charge in [0.25, 0.3) is 0 Å². The minimum Gasteiger partial charge on any atom is -0.506 e. The lowest BCUT2D eigenvalue weighted by molar-refractivity contribution is -0.128. The van der Waals surface area contributed by atoms with E-state index in [0.29, 0.717) is 0 Å². The Bertz CT molecular complexity index is 311. The second kappa shape index (κ2) is 3.77. The molecule has 0 unspecified atom stereocenters. The zero-order valence-electron chi connectivity index (χ0n) is 7.54. The van der Waals surface area contributed by atoms with E-state index >= 15 is 0 Å². The second-order valence-electron chi connectivity index (χ2n) is 2.70. The normalized spacial score (nSPS) is 11.4. The van der Waals surface area contributed by atoms with E-state index in [9.17, 15) is 18.3 Å². The molecule has 0 aliphatic heterocycles. The molecule has 5 heteroatoms. The average molecular weight is 205 g/mol. The summed E-state index contributed by atoms with van der Waals surface area (Å²) in [4.78, 5) is 0.183. The topological polar surface area (TPSA) is 23.5 Å². The van der Waals surface area contributed by atoms with Crippen LogP contribution >= 0.6 is 0 Å². The molecular weight excluding hydrogens is 195 g/mol. The number of hydrogen-bond acceptors (Lipinski definition) is 2. The first-order chi connectivity index (χ1) is 6.46. The van der Waals surface area contributed by atoms with Gasteiger partial charge in [-0.3, -0.25) is 4.90 Å². The van der Waals surface area contributed by atoms with E-state index in [1.807, 2.05) is 0 Å². The smallest absolute Gasteiger partial charge is 0.485 e. The maximum atomic E-state index is 12.4. The highest BCUT2D eigenvalue weighted by atomic mass is 19.4. The van der Waals surface area contributed by atoms with Crippen LogP contribution in [0.15, 0.2) is 24.3 Å². The Hall–Kier alpha value is -1.39. The van der Waals surface area contributed by atoms with Gasteiger partial charge in [-0.2, -0.15) is 13.2 Å². The predicted octanol–water partition coefficient (Wildman–Crippen LogP) is 2.74. The van der Waals surface area contributed by atoms with Crippen molar-refractivity contribution in [1.29, 1.82) is 0 Å². The largest absolute Gasteiger partial charge is 0.506 e. The fourth-order valence-electron chi connectivity index (χ4n) is 1.18. The first-order valence-corrected chi connectivity index (χ1v) is 4.09. The van der Waals surface area contributed by atoms with Crippen molar-refractivity contribution in [3.8, 4) is 5.75 Å². The van der Waals surface area contributed by atoms with E-state index in [2.05, 4.69) is 0 Å². The summed E-state index contributed by atoms with van der Waals surface area (Å²) < 4.78 is 37.2. The summed E-state index contributed by atoms with van der Waals surface area (Å²) >= 11 is 0. The van der Waals surface area contributed by atoms with E-state index in [0.717, 1.165) is 0 Å². The zero-order chi connectivity index (χ0) is 10.8. The standard InChI is InChI=1S/C9H10F3NO/c1-2-13(9(10,11)12)7-5-3-4-6-8(7)14/h3-6,14H,2H2,1H3. The van der Waals surface area contributed by atoms with Crippen molar-refractivity contribution in [2.24, 2.45) is 0 Å². The molecule has 0 aliphatic rings. The monoisotopic (exact) mass is 205 g/mol. The fourth-order valence-corrected chi connectivity index (χ4v) is 1.18. The number of anilines is 1. The van der Waals surface area contributed by atoms with E-state index in [1.165, 1.54) is 31.2 Å². The number of rotatable bonds is 2. The van der Waals surface area contributed by atoms with Crippen molar-refractivity contribution in [3.63, 3.8) is 0 Å². The maximum absolute atomic E-state index is 12.4. The first-order valence-electron chi connectivity index (χ1n) is 4.09. The summed E-state index contributed by atoms with van der Waals surface area (Å²) in [6.07, 6.45) is -4.46. The molecular formula is C9H10F3NO. The van der Waals surface area contributed by atoms with Crippen molar-refractivity contribution < 1.29 is 18.3 Å². The van der Waals surface area contributed by atoms with Crippen LogP contribution in [0.2, 0.25) is 0 Å². The zero-order valence-corrected chi connectivity index (χ0v) is 7.54. The number of phenols is 1. The second-order valence-corrected chi connectivity index (χ2v) is 2.70. The number of hydrogen-bond donors (Lipinski definition) is 1. The summed E-state index contributed by atoms with van der Waals surface area (Å²) in [5, 5.41) is 9.23. The molecule has 78 valence electrons. The number of alkyl halides is 3. The van der Waals surface area contributed by atoms with Crippen molar-refractivity contribution in [3.05, 3.63) is 24.3 Å². The Labute approximate surface area is 79.6 Å². The highest BCUT2D eigenvalue weighted by Gasteiger charge is 2.37. The van der Waals surface area contributed by atoms with Crippen LogP contribution in [0.1, 0.15) is 6.92 Å². The van der Waals surface area contributed by atoms with Crippen LogP contribution in [-0.4, -0.2) is 18.0 Å². The first kappa shape index (κ1) is 10.7. The molecule has 0 radical (unpaired) electrons. The molecule has 2 nitrogen and oxygen atoms in total. The molecule has 1 aromatic carbocycles. The SMILES string of the molecule is CCN(c1ccccc1O)C(F)(F)F. The molecule has 0 heterocycles. The molecule has 0 spiro atoms. The van der Waals surface area contributed by atoms with Crippen LogP contribution in [0.25, 0.3) is 0 Å². The maximum Gasteiger partial charge on any atom is 0.485 e. The molecule has 0 aromatic heterocycles. The van der Waals surface area contributed by atoms with E-state index in [-0.39, 0.29) is 22.9 Å². The molecule has 0 atom stereocenters. The average Bonchev–Trinajstić information content (AvgIpc) is 2.07. The van der Waals surface area contributed by atoms with Crippen LogP contribution < -0.4 is 4.90 Å². The number of para-hydroxylation sites is 2. The molecule has 0 saturated carbocycles. The lowest BCUT2D eigenvalue weighted by Crippen LogP contribution is -2.37. The molecule has 1 rings (SSSR count). The van der Waals surface area contributed by atoms with Crippen LogP contribution in [0.3, 0.4) is 0 Å². The van der Waals surface area contributed by atoms with Gasteiger partial charge in [0.1, 0.15) is 5.75 Å². The number of benzene rings is 1. The van der Waals surface area contributed by atoms with E-state index < -0.39 is 6.30 Å². The van der Waals surface area contributed by atoms with E-state index in [1.54, 1.807) is 0 Å². The van der Waals surface area contributed by atoms with Crippen LogP contribution in [0.4, 0.5) is 18.9 Å². The van der Waals surface area contributed by atoms with Gasteiger partial charge in [-0.1, -0.05) is 12.1 Å². The fraction of sp³-hybridized carbons (Fsp3) is 0.333. The summed E-state index contributed by atoms with van der Waals surface area (Å²) in [7, 11) is 0. The lowest BCUT2D eigenvalue weighted by Gasteiger charge is -2.25. The minimum absolute atomic E-state index is 0.183. The molecule has 0 amide bonds. The third-order valence-electron chi connectivity index (χ3n) is 1.79. The Balaban J connectivity index is 3.08. The van der Waals surface area contributed by atoms with Crippen molar-refractivity contribution in [1.82, 2.24) is 0 Å². The van der Waals surface area contributed by atoms with Crippen molar-refractivity contribution in [2.75, 3.05) is 11.4 Å². The number of nitrogens with zero attached hydrogens (tertiary/aromatic N) is 1. The minimum atomic E-state index is -4.46. The van der Waals surface area contributed by atoms with Crippen LogP contribution in [0, 0.1) is 0 Å². The molecule has 0 saturated heterocycles. The van der Waals surface area contributed by atoms with Gasteiger partial charge in [-0.15, -0.1) is 0 Å². The molecule has 0 fully saturated rings. The number of phenolic OH excluding ortho intramolecular Hbond substituents is 1. The summed E-state index contributed by atoms with van der Waals surface area (Å²) in [6, 6.07) is 5.38. The Morgan fingerprint density at radius 3 is 2.29 bits per heavy atom. The van der Waals surface area contributed by atoms with Crippen molar-refractivity contribution in [2.45, 2.75) is 13.2 Å². The van der Waals surface area contributed by atoms with Gasteiger partial charge in [-0.05, 0) is 19.1 Å². The third-order valence-corrected chi connectivity index (χ3v) is 1.79. The van der Waals surface area contributed by atoms with Gasteiger partial charge < -0.3 is 5.11 Å².